The van der Waals surface area contributed by atoms with Crippen LogP contribution in [0, 0.1) is 70.6 Å². The molecule has 0 aromatic heterocycles. The second-order valence-electron chi connectivity index (χ2n) is 10.1. The second kappa shape index (κ2) is 19.8. The van der Waals surface area contributed by atoms with Crippen molar-refractivity contribution in [3.8, 4) is 0 Å². The molecule has 3 fully saturated rings. The molecule has 1 N–H and O–H groups in total. The van der Waals surface area contributed by atoms with Crippen molar-refractivity contribution in [2.45, 2.75) is 68.8 Å². The molecule has 0 bridgehead atoms. The predicted molar refractivity (Wildman–Crippen MR) is 166 cm³/mol. The van der Waals surface area contributed by atoms with Gasteiger partial charge in [0.25, 0.3) is 0 Å². The molecule has 2 aliphatic carbocycles. The van der Waals surface area contributed by atoms with E-state index in [-0.39, 0.29) is 46.5 Å². The molecule has 248 valence electrons. The monoisotopic (exact) mass is 715 g/mol. The van der Waals surface area contributed by atoms with Crippen LogP contribution in [0.2, 0.25) is 0 Å². The molecule has 10 radical (unpaired) electrons. The standard InChI is InChI=1S/C27H32NO10S2.C5H5.Fe/c1-16-9-11-21(12-10-16)40(33,34)28-24-26(37-19(4)31)25(36-18(3)30)23(15-35-17(2)29)38-27(24)39-14-13-22(32)20-7-5-6-8-20;1-2-4-5-3-1;/h5-12,23-28H,13-15H2,1-4H3;1-5H;/q;;+2/t23-,24-,25-,26-,27+;;/m1../s1. The molecular weight excluding hydrogens is 678 g/mol. The SMILES string of the molecule is CC(=O)OC[C@H]1O[C@@H](SCCC(=O)[C]2[CH][CH][CH][CH]2)[C@H](NS(=O)(=O)c2ccc(C)cc2)[C@@H](OC(C)=O)[C@@H]1OC(C)=O.[CH]1[CH][CH][CH][CH]1.[Fe+2]. The van der Waals surface area contributed by atoms with E-state index in [0.29, 0.717) is 5.92 Å². The summed E-state index contributed by atoms with van der Waals surface area (Å²) >= 11 is 1.12. The Bertz CT molecular complexity index is 1240. The number of aryl methyl sites for hydroxylation is 1. The van der Waals surface area contributed by atoms with Crippen molar-refractivity contribution in [2.24, 2.45) is 0 Å². The summed E-state index contributed by atoms with van der Waals surface area (Å²) in [6, 6.07) is 4.87. The molecule has 1 aromatic carbocycles. The van der Waals surface area contributed by atoms with E-state index in [1.54, 1.807) is 37.8 Å². The van der Waals surface area contributed by atoms with E-state index < -0.39 is 57.7 Å². The molecule has 1 aromatic rings. The average Bonchev–Trinajstić information content (AvgIpc) is 3.72. The molecule has 4 rings (SSSR count). The first-order valence-corrected chi connectivity index (χ1v) is 16.7. The van der Waals surface area contributed by atoms with Crippen LogP contribution in [0.4, 0.5) is 0 Å². The van der Waals surface area contributed by atoms with Gasteiger partial charge in [-0.05, 0) is 76.8 Å². The number of thioether (sulfide) groups is 1. The first-order chi connectivity index (χ1) is 21.4. The summed E-state index contributed by atoms with van der Waals surface area (Å²) in [7, 11) is -4.18. The average molecular weight is 716 g/mol. The minimum Gasteiger partial charge on any atom is -0.463 e. The van der Waals surface area contributed by atoms with E-state index >= 15 is 0 Å². The van der Waals surface area contributed by atoms with Crippen LogP contribution in [0.25, 0.3) is 0 Å². The maximum absolute atomic E-state index is 13.4. The van der Waals surface area contributed by atoms with E-state index in [9.17, 15) is 27.6 Å². The maximum Gasteiger partial charge on any atom is 2.00 e. The third-order valence-corrected chi connectivity index (χ3v) is 9.12. The first-order valence-electron chi connectivity index (χ1n) is 14.1. The smallest absolute Gasteiger partial charge is 0.463 e. The zero-order chi connectivity index (χ0) is 33.0. The quantitative estimate of drug-likeness (QED) is 0.193. The fraction of sp³-hybridized carbons (Fsp3) is 0.375. The Morgan fingerprint density at radius 2 is 1.37 bits per heavy atom. The minimum atomic E-state index is -4.18. The molecule has 11 nitrogen and oxygen atoms in total. The van der Waals surface area contributed by atoms with Gasteiger partial charge in [-0.25, -0.2) is 13.1 Å². The molecular formula is C32H37FeNO10S2+2. The van der Waals surface area contributed by atoms with Crippen molar-refractivity contribution in [1.82, 2.24) is 4.72 Å². The Labute approximate surface area is 287 Å². The predicted octanol–water partition coefficient (Wildman–Crippen LogP) is 2.91. The summed E-state index contributed by atoms with van der Waals surface area (Å²) in [4.78, 5) is 48.2. The molecule has 0 amide bonds. The molecule has 14 heteroatoms. The van der Waals surface area contributed by atoms with Crippen LogP contribution in [-0.4, -0.2) is 74.3 Å². The maximum atomic E-state index is 13.4. The summed E-state index contributed by atoms with van der Waals surface area (Å²) in [6.45, 7) is 4.91. The topological polar surface area (TPSA) is 151 Å². The summed E-state index contributed by atoms with van der Waals surface area (Å²) in [5, 5.41) is 0. The largest absolute Gasteiger partial charge is 2.00 e. The second-order valence-corrected chi connectivity index (χ2v) is 13.1. The zero-order valence-corrected chi connectivity index (χ0v) is 28.5. The van der Waals surface area contributed by atoms with Gasteiger partial charge in [0.2, 0.25) is 10.0 Å². The zero-order valence-electron chi connectivity index (χ0n) is 25.8. The molecule has 0 spiro atoms. The molecule has 1 saturated heterocycles. The third kappa shape index (κ3) is 12.9. The fourth-order valence-electron chi connectivity index (χ4n) is 4.43. The minimum absolute atomic E-state index is 0. The number of hydrogen-bond donors (Lipinski definition) is 1. The molecule has 1 heterocycles. The van der Waals surface area contributed by atoms with E-state index in [2.05, 4.69) is 4.72 Å². The van der Waals surface area contributed by atoms with Gasteiger partial charge in [-0.1, -0.05) is 17.7 Å². The van der Waals surface area contributed by atoms with Crippen molar-refractivity contribution >= 4 is 45.5 Å². The number of Topliss-reactive ketones (excluding diaryl/α,β-unsaturated/α-hetero) is 1. The van der Waals surface area contributed by atoms with Crippen LogP contribution in [0.5, 0.6) is 0 Å². The van der Waals surface area contributed by atoms with Crippen LogP contribution in [0.15, 0.2) is 29.2 Å². The summed E-state index contributed by atoms with van der Waals surface area (Å²) in [6.07, 6.45) is 13.2. The van der Waals surface area contributed by atoms with Crippen LogP contribution in [0.1, 0.15) is 32.8 Å². The number of ketones is 1. The number of sulfonamides is 1. The van der Waals surface area contributed by atoms with E-state index in [0.717, 1.165) is 31.2 Å². The number of esters is 3. The van der Waals surface area contributed by atoms with Gasteiger partial charge >= 0.3 is 35.0 Å². The third-order valence-electron chi connectivity index (χ3n) is 6.48. The molecule has 2 saturated carbocycles. The van der Waals surface area contributed by atoms with Crippen LogP contribution in [-0.2, 0) is 65.2 Å². The van der Waals surface area contributed by atoms with Crippen LogP contribution in [0.3, 0.4) is 0 Å². The Hall–Kier alpha value is -1.96. The van der Waals surface area contributed by atoms with Crippen molar-refractivity contribution in [2.75, 3.05) is 12.4 Å². The van der Waals surface area contributed by atoms with Gasteiger partial charge in [0.05, 0.1) is 10.9 Å². The van der Waals surface area contributed by atoms with Gasteiger partial charge in [0.1, 0.15) is 23.9 Å². The van der Waals surface area contributed by atoms with Gasteiger partial charge in [0, 0.05) is 38.9 Å². The van der Waals surface area contributed by atoms with E-state index in [1.165, 1.54) is 19.1 Å². The number of carbonyl (C=O) groups is 4. The van der Waals surface area contributed by atoms with Gasteiger partial charge in [-0.2, -0.15) is 0 Å². The number of carbonyl (C=O) groups excluding carboxylic acids is 4. The van der Waals surface area contributed by atoms with Gasteiger partial charge in [-0.3, -0.25) is 19.2 Å². The Morgan fingerprint density at radius 1 is 0.826 bits per heavy atom. The van der Waals surface area contributed by atoms with Crippen LogP contribution >= 0.6 is 11.8 Å². The van der Waals surface area contributed by atoms with Crippen molar-refractivity contribution in [3.05, 3.63) is 93.5 Å². The number of nitrogens with one attached hydrogen (secondary N) is 1. The molecule has 5 atom stereocenters. The Kier molecular flexibility index (Phi) is 17.3. The summed E-state index contributed by atoms with van der Waals surface area (Å²) < 4.78 is 51.5. The molecule has 46 heavy (non-hydrogen) atoms. The van der Waals surface area contributed by atoms with E-state index in [1.807, 2.05) is 39.0 Å². The summed E-state index contributed by atoms with van der Waals surface area (Å²) in [5.74, 6) is -1.47. The van der Waals surface area contributed by atoms with Crippen molar-refractivity contribution in [3.63, 3.8) is 0 Å². The van der Waals surface area contributed by atoms with Gasteiger partial charge in [0.15, 0.2) is 12.2 Å². The van der Waals surface area contributed by atoms with Crippen LogP contribution < -0.4 is 4.72 Å². The number of hydrogen-bond acceptors (Lipinski definition) is 11. The number of ether oxygens (including phenoxy) is 4. The molecule has 1 aliphatic heterocycles. The molecule has 3 aliphatic rings. The fourth-order valence-corrected chi connectivity index (χ4v) is 6.95. The summed E-state index contributed by atoms with van der Waals surface area (Å²) in [5.41, 5.74) is -0.173. The van der Waals surface area contributed by atoms with E-state index in [4.69, 9.17) is 18.9 Å². The number of benzene rings is 1. The van der Waals surface area contributed by atoms with Gasteiger partial charge in [-0.15, -0.1) is 11.8 Å². The first kappa shape index (κ1) is 40.2. The van der Waals surface area contributed by atoms with Crippen molar-refractivity contribution < 1.29 is 63.6 Å². The van der Waals surface area contributed by atoms with Gasteiger partial charge < -0.3 is 18.9 Å². The Balaban J connectivity index is 0.00000112. The Morgan fingerprint density at radius 3 is 1.89 bits per heavy atom. The normalized spacial score (nSPS) is 24.6. The van der Waals surface area contributed by atoms with Crippen molar-refractivity contribution in [1.29, 1.82) is 0 Å². The molecule has 0 unspecified atom stereocenters. The number of rotatable bonds is 12.